The molecule has 0 bridgehead atoms. The summed E-state index contributed by atoms with van der Waals surface area (Å²) in [6.45, 7) is 10.1. The van der Waals surface area contributed by atoms with Gasteiger partial charge in [0.25, 0.3) is 0 Å². The van der Waals surface area contributed by atoms with Crippen LogP contribution in [0.3, 0.4) is 0 Å². The molecule has 0 aliphatic rings. The predicted molar refractivity (Wildman–Crippen MR) is 79.7 cm³/mol. The van der Waals surface area contributed by atoms with Gasteiger partial charge in [0.05, 0.1) is 36.7 Å². The smallest absolute Gasteiger partial charge is 0.548 e. The molecule has 0 aromatic carbocycles. The van der Waals surface area contributed by atoms with Crippen LogP contribution in [0.5, 0.6) is 0 Å². The molecule has 0 aliphatic heterocycles. The van der Waals surface area contributed by atoms with Gasteiger partial charge in [-0.25, -0.2) is 0 Å². The first kappa shape index (κ1) is 20.5. The molecule has 0 N–H and O–H groups in total. The summed E-state index contributed by atoms with van der Waals surface area (Å²) in [5.41, 5.74) is 3.79. The minimum atomic E-state index is -1.11. The maximum absolute atomic E-state index is 11.3. The minimum Gasteiger partial charge on any atom is -0.548 e. The van der Waals surface area contributed by atoms with Crippen LogP contribution in [0.1, 0.15) is 29.7 Å². The fraction of sp³-hybridized carbons (Fsp3) is 0.533. The van der Waals surface area contributed by atoms with E-state index in [2.05, 4.69) is 10.2 Å². The van der Waals surface area contributed by atoms with Crippen LogP contribution in [0.15, 0.2) is 12.1 Å². The first-order valence-electron chi connectivity index (χ1n) is 7.25. The van der Waals surface area contributed by atoms with Gasteiger partial charge in [-0.05, 0) is 46.8 Å². The maximum atomic E-state index is 11.3. The van der Waals surface area contributed by atoms with Crippen LogP contribution in [0.2, 0.25) is 0 Å². The van der Waals surface area contributed by atoms with Crippen molar-refractivity contribution >= 4 is 5.97 Å². The van der Waals surface area contributed by atoms with E-state index in [0.29, 0.717) is 13.3 Å². The molecule has 0 radical (unpaired) electrons. The van der Waals surface area contributed by atoms with Crippen LogP contribution in [0.4, 0.5) is 0 Å². The fourth-order valence-electron chi connectivity index (χ4n) is 2.42. The molecule has 0 fully saturated rings. The Morgan fingerprint density at radius 1 is 1.09 bits per heavy atom. The van der Waals surface area contributed by atoms with Gasteiger partial charge in [0.15, 0.2) is 0 Å². The fourth-order valence-corrected chi connectivity index (χ4v) is 2.42. The Hall–Kier alpha value is -0.514. The monoisotopic (exact) mass is 343 g/mol. The molecule has 0 spiro atoms. The van der Waals surface area contributed by atoms with Gasteiger partial charge in [0.1, 0.15) is 0 Å². The zero-order chi connectivity index (χ0) is 16.4. The van der Waals surface area contributed by atoms with E-state index in [4.69, 9.17) is 0 Å². The summed E-state index contributed by atoms with van der Waals surface area (Å²) in [7, 11) is 0. The zero-order valence-corrected chi connectivity index (χ0v) is 17.8. The van der Waals surface area contributed by atoms with E-state index in [1.165, 1.54) is 0 Å². The standard InChI is InChI=1S/C15H23N5O2.K/c1-10-6-12(3)19(16-10)8-18(14(5)15(21)22)9-20-13(4)7-11(2)17-20;/h6-7,14H,8-9H2,1-5H3,(H,21,22);/q;+1/p-1. The Kier molecular flexibility index (Phi) is 7.63. The molecule has 1 atom stereocenters. The first-order chi connectivity index (χ1) is 10.3. The number of aromatic nitrogens is 4. The number of carbonyl (C=O) groups excluding carboxylic acids is 1. The number of hydrogen-bond donors (Lipinski definition) is 0. The third-order valence-electron chi connectivity index (χ3n) is 3.73. The van der Waals surface area contributed by atoms with Crippen LogP contribution in [-0.4, -0.2) is 36.5 Å². The Morgan fingerprint density at radius 2 is 1.48 bits per heavy atom. The van der Waals surface area contributed by atoms with Crippen molar-refractivity contribution in [1.82, 2.24) is 24.5 Å². The molecular formula is C15H22KN5O2. The number of carboxylic acids is 1. The Balaban J connectivity index is 0.00000264. The van der Waals surface area contributed by atoms with Crippen LogP contribution in [0.25, 0.3) is 0 Å². The van der Waals surface area contributed by atoms with Crippen LogP contribution >= 0.6 is 0 Å². The maximum Gasteiger partial charge on any atom is 1.00 e. The van der Waals surface area contributed by atoms with E-state index in [9.17, 15) is 9.90 Å². The van der Waals surface area contributed by atoms with Crippen molar-refractivity contribution in [2.45, 2.75) is 54.0 Å². The minimum absolute atomic E-state index is 0. The zero-order valence-electron chi connectivity index (χ0n) is 14.7. The van der Waals surface area contributed by atoms with Gasteiger partial charge in [0, 0.05) is 11.4 Å². The van der Waals surface area contributed by atoms with Gasteiger partial charge in [-0.1, -0.05) is 0 Å². The second-order valence-electron chi connectivity index (χ2n) is 5.72. The number of carboxylic acid groups (broad SMARTS) is 1. The quantitative estimate of drug-likeness (QED) is 0.536. The Morgan fingerprint density at radius 3 is 1.74 bits per heavy atom. The normalized spacial score (nSPS) is 12.3. The molecule has 2 aromatic heterocycles. The number of aliphatic carboxylic acids is 1. The topological polar surface area (TPSA) is 79.0 Å². The second kappa shape index (κ2) is 8.54. The molecule has 0 saturated carbocycles. The van der Waals surface area contributed by atoms with Gasteiger partial charge < -0.3 is 9.90 Å². The number of hydrogen-bond acceptors (Lipinski definition) is 5. The average molecular weight is 343 g/mol. The van der Waals surface area contributed by atoms with Crippen molar-refractivity contribution in [3.05, 3.63) is 34.9 Å². The first-order valence-corrected chi connectivity index (χ1v) is 7.25. The number of carbonyl (C=O) groups is 1. The molecule has 120 valence electrons. The van der Waals surface area contributed by atoms with Gasteiger partial charge in [0.2, 0.25) is 0 Å². The van der Waals surface area contributed by atoms with Gasteiger partial charge in [-0.2, -0.15) is 10.2 Å². The van der Waals surface area contributed by atoms with Crippen LogP contribution < -0.4 is 56.5 Å². The van der Waals surface area contributed by atoms with Gasteiger partial charge >= 0.3 is 51.4 Å². The summed E-state index contributed by atoms with van der Waals surface area (Å²) in [5.74, 6) is -1.11. The van der Waals surface area contributed by atoms with Crippen molar-refractivity contribution in [3.8, 4) is 0 Å². The predicted octanol–water partition coefficient (Wildman–Crippen LogP) is -2.63. The largest absolute Gasteiger partial charge is 1.00 e. The molecule has 0 saturated heterocycles. The molecule has 0 amide bonds. The molecule has 1 unspecified atom stereocenters. The Labute approximate surface area is 179 Å². The average Bonchev–Trinajstić information content (AvgIpc) is 2.89. The molecule has 2 aromatic rings. The summed E-state index contributed by atoms with van der Waals surface area (Å²) in [4.78, 5) is 13.1. The van der Waals surface area contributed by atoms with Crippen molar-refractivity contribution in [2.75, 3.05) is 0 Å². The van der Waals surface area contributed by atoms with Crippen molar-refractivity contribution in [3.63, 3.8) is 0 Å². The third-order valence-corrected chi connectivity index (χ3v) is 3.73. The van der Waals surface area contributed by atoms with E-state index in [1.54, 1.807) is 21.2 Å². The summed E-state index contributed by atoms with van der Waals surface area (Å²) in [6.07, 6.45) is 0. The van der Waals surface area contributed by atoms with E-state index >= 15 is 0 Å². The Bertz CT molecular complexity index is 631. The van der Waals surface area contributed by atoms with Crippen LogP contribution in [0, 0.1) is 27.7 Å². The summed E-state index contributed by atoms with van der Waals surface area (Å²) in [6, 6.07) is 3.18. The summed E-state index contributed by atoms with van der Waals surface area (Å²) < 4.78 is 3.58. The number of aryl methyl sites for hydroxylation is 4. The van der Waals surface area contributed by atoms with Crippen LogP contribution in [-0.2, 0) is 18.1 Å². The summed E-state index contributed by atoms with van der Waals surface area (Å²) in [5, 5.41) is 20.1. The second-order valence-corrected chi connectivity index (χ2v) is 5.72. The van der Waals surface area contributed by atoms with E-state index in [-0.39, 0.29) is 51.4 Å². The SMILES string of the molecule is Cc1cc(C)n(CN(Cn2nc(C)cc2C)C(C)C(=O)[O-])n1.[K+]. The van der Waals surface area contributed by atoms with Crippen molar-refractivity contribution in [1.29, 1.82) is 0 Å². The van der Waals surface area contributed by atoms with E-state index in [0.717, 1.165) is 22.8 Å². The molecular weight excluding hydrogens is 321 g/mol. The third kappa shape index (κ3) is 5.23. The number of nitrogens with zero attached hydrogens (tertiary/aromatic N) is 5. The van der Waals surface area contributed by atoms with E-state index in [1.807, 2.05) is 39.8 Å². The molecule has 0 aliphatic carbocycles. The molecule has 2 heterocycles. The van der Waals surface area contributed by atoms with Gasteiger partial charge in [-0.15, -0.1) is 0 Å². The molecule has 2 rings (SSSR count). The summed E-state index contributed by atoms with van der Waals surface area (Å²) >= 11 is 0. The van der Waals surface area contributed by atoms with Crippen molar-refractivity contribution < 1.29 is 61.3 Å². The molecule has 7 nitrogen and oxygen atoms in total. The van der Waals surface area contributed by atoms with E-state index < -0.39 is 12.0 Å². The molecule has 8 heteroatoms. The number of rotatable bonds is 6. The molecule has 23 heavy (non-hydrogen) atoms. The van der Waals surface area contributed by atoms with Crippen molar-refractivity contribution in [2.24, 2.45) is 0 Å². The van der Waals surface area contributed by atoms with Gasteiger partial charge in [-0.3, -0.25) is 14.3 Å².